The number of hydrogen-bond acceptors (Lipinski definition) is 4. The molecule has 1 aliphatic carbocycles. The van der Waals surface area contributed by atoms with Gasteiger partial charge in [-0.05, 0) is 13.0 Å². The van der Waals surface area contributed by atoms with Gasteiger partial charge < -0.3 is 19.8 Å². The van der Waals surface area contributed by atoms with E-state index in [9.17, 15) is 4.79 Å². The number of amides is 1. The van der Waals surface area contributed by atoms with Gasteiger partial charge in [-0.2, -0.15) is 0 Å². The first-order chi connectivity index (χ1) is 9.33. The topological polar surface area (TPSA) is 68.7 Å². The molecule has 2 N–H and O–H groups in total. The summed E-state index contributed by atoms with van der Waals surface area (Å²) in [5, 5.41) is 0. The smallest absolute Gasteiger partial charge is 0.243 e. The summed E-state index contributed by atoms with van der Waals surface area (Å²) >= 11 is 0. The van der Waals surface area contributed by atoms with Crippen LogP contribution in [-0.2, 0) is 16.1 Å². The fraction of sp³-hybridized carbons (Fsp3) is 0.667. The average molecular weight is 280 g/mol. The fourth-order valence-corrected chi connectivity index (χ4v) is 2.87. The lowest BCUT2D eigenvalue weighted by Crippen LogP contribution is -2.75. The van der Waals surface area contributed by atoms with Crippen molar-refractivity contribution in [3.05, 3.63) is 24.2 Å². The Kier molecular flexibility index (Phi) is 3.93. The Balaban J connectivity index is 2.05. The van der Waals surface area contributed by atoms with Crippen LogP contribution >= 0.6 is 0 Å². The van der Waals surface area contributed by atoms with Gasteiger partial charge in [0.15, 0.2) is 0 Å². The van der Waals surface area contributed by atoms with E-state index in [1.807, 2.05) is 26.8 Å². The number of ether oxygens (including phenoxy) is 1. The normalized spacial score (nSPS) is 27.9. The molecule has 2 unspecified atom stereocenters. The van der Waals surface area contributed by atoms with E-state index < -0.39 is 5.54 Å². The number of carbonyl (C=O) groups excluding carboxylic acids is 1. The zero-order valence-corrected chi connectivity index (χ0v) is 12.7. The Bertz CT molecular complexity index is 469. The van der Waals surface area contributed by atoms with Gasteiger partial charge in [-0.25, -0.2) is 0 Å². The molecular formula is C15H24N2O3. The minimum atomic E-state index is -0.856. The highest BCUT2D eigenvalue weighted by atomic mass is 16.5. The van der Waals surface area contributed by atoms with E-state index in [0.29, 0.717) is 19.6 Å². The summed E-state index contributed by atoms with van der Waals surface area (Å²) in [4.78, 5) is 14.3. The summed E-state index contributed by atoms with van der Waals surface area (Å²) in [6, 6.07) is 1.85. The van der Waals surface area contributed by atoms with Crippen molar-refractivity contribution in [3.63, 3.8) is 0 Å². The lowest BCUT2D eigenvalue weighted by atomic mass is 9.54. The van der Waals surface area contributed by atoms with E-state index in [2.05, 4.69) is 0 Å². The number of likely N-dealkylation sites (N-methyl/N-ethyl adjacent to an activating group) is 1. The standard InChI is InChI=1S/C15H24N2O3/c1-5-20-12-8-15(16,14(12,2)3)13(18)17(4)9-11-6-7-19-10-11/h6-7,10,12H,5,8-9,16H2,1-4H3. The third-order valence-corrected chi connectivity index (χ3v) is 4.56. The predicted octanol–water partition coefficient (Wildman–Crippen LogP) is 1.77. The molecule has 20 heavy (non-hydrogen) atoms. The van der Waals surface area contributed by atoms with Crippen LogP contribution in [-0.4, -0.2) is 36.1 Å². The zero-order chi connectivity index (χ0) is 15.0. The van der Waals surface area contributed by atoms with E-state index in [1.165, 1.54) is 0 Å². The Morgan fingerprint density at radius 1 is 1.60 bits per heavy atom. The number of rotatable bonds is 5. The van der Waals surface area contributed by atoms with Crippen molar-refractivity contribution in [1.29, 1.82) is 0 Å². The SMILES string of the molecule is CCOC1CC(N)(C(=O)N(C)Cc2ccoc2)C1(C)C. The molecule has 1 fully saturated rings. The van der Waals surface area contributed by atoms with Crippen LogP contribution in [0.2, 0.25) is 0 Å². The molecule has 2 rings (SSSR count). The Morgan fingerprint density at radius 2 is 2.30 bits per heavy atom. The third kappa shape index (κ3) is 2.25. The van der Waals surface area contributed by atoms with Crippen LogP contribution in [0.1, 0.15) is 32.8 Å². The molecular weight excluding hydrogens is 256 g/mol. The van der Waals surface area contributed by atoms with Gasteiger partial charge in [0.1, 0.15) is 5.54 Å². The maximum atomic E-state index is 12.7. The monoisotopic (exact) mass is 280 g/mol. The highest BCUT2D eigenvalue weighted by Gasteiger charge is 2.63. The van der Waals surface area contributed by atoms with Crippen LogP contribution < -0.4 is 5.73 Å². The molecule has 5 nitrogen and oxygen atoms in total. The van der Waals surface area contributed by atoms with Crippen molar-refractivity contribution in [3.8, 4) is 0 Å². The van der Waals surface area contributed by atoms with Crippen molar-refractivity contribution in [2.45, 2.75) is 45.4 Å². The molecule has 1 aromatic rings. The van der Waals surface area contributed by atoms with Crippen LogP contribution in [0.25, 0.3) is 0 Å². The second kappa shape index (κ2) is 5.22. The van der Waals surface area contributed by atoms with E-state index in [1.54, 1.807) is 24.5 Å². The first-order valence-electron chi connectivity index (χ1n) is 7.00. The molecule has 0 aliphatic heterocycles. The number of carbonyl (C=O) groups is 1. The summed E-state index contributed by atoms with van der Waals surface area (Å²) in [6.45, 7) is 7.10. The molecule has 0 aromatic carbocycles. The highest BCUT2D eigenvalue weighted by molar-refractivity contribution is 5.88. The first-order valence-corrected chi connectivity index (χ1v) is 7.00. The van der Waals surface area contributed by atoms with Gasteiger partial charge in [-0.3, -0.25) is 4.79 Å². The Labute approximate surface area is 120 Å². The first kappa shape index (κ1) is 15.1. The van der Waals surface area contributed by atoms with E-state index >= 15 is 0 Å². The van der Waals surface area contributed by atoms with E-state index in [-0.39, 0.29) is 17.4 Å². The van der Waals surface area contributed by atoms with Gasteiger partial charge in [-0.15, -0.1) is 0 Å². The van der Waals surface area contributed by atoms with Gasteiger partial charge in [0.05, 0.1) is 18.6 Å². The lowest BCUT2D eigenvalue weighted by Gasteiger charge is -2.58. The molecule has 1 aliphatic rings. The van der Waals surface area contributed by atoms with Crippen LogP contribution in [0.4, 0.5) is 0 Å². The molecule has 0 radical (unpaired) electrons. The van der Waals surface area contributed by atoms with Gasteiger partial charge >= 0.3 is 0 Å². The van der Waals surface area contributed by atoms with Crippen molar-refractivity contribution < 1.29 is 13.9 Å². The van der Waals surface area contributed by atoms with Crippen molar-refractivity contribution >= 4 is 5.91 Å². The number of nitrogens with two attached hydrogens (primary N) is 1. The molecule has 0 spiro atoms. The fourth-order valence-electron chi connectivity index (χ4n) is 2.87. The second-order valence-electron chi connectivity index (χ2n) is 6.13. The molecule has 2 atom stereocenters. The number of hydrogen-bond donors (Lipinski definition) is 1. The minimum Gasteiger partial charge on any atom is -0.472 e. The average Bonchev–Trinajstić information content (AvgIpc) is 2.90. The number of furan rings is 1. The summed E-state index contributed by atoms with van der Waals surface area (Å²) in [5.41, 5.74) is 6.13. The molecule has 1 saturated carbocycles. The maximum Gasteiger partial charge on any atom is 0.243 e. The second-order valence-corrected chi connectivity index (χ2v) is 6.13. The molecule has 0 bridgehead atoms. The lowest BCUT2D eigenvalue weighted by molar-refractivity contribution is -0.178. The van der Waals surface area contributed by atoms with Crippen LogP contribution in [0.3, 0.4) is 0 Å². The van der Waals surface area contributed by atoms with Gasteiger partial charge in [0, 0.05) is 37.6 Å². The molecule has 1 heterocycles. The van der Waals surface area contributed by atoms with Crippen LogP contribution in [0, 0.1) is 5.41 Å². The number of nitrogens with zero attached hydrogens (tertiary/aromatic N) is 1. The Hall–Kier alpha value is -1.33. The van der Waals surface area contributed by atoms with Gasteiger partial charge in [0.2, 0.25) is 5.91 Å². The predicted molar refractivity (Wildman–Crippen MR) is 75.9 cm³/mol. The summed E-state index contributed by atoms with van der Waals surface area (Å²) < 4.78 is 10.7. The van der Waals surface area contributed by atoms with Gasteiger partial charge in [-0.1, -0.05) is 13.8 Å². The van der Waals surface area contributed by atoms with E-state index in [4.69, 9.17) is 14.9 Å². The zero-order valence-electron chi connectivity index (χ0n) is 12.7. The third-order valence-electron chi connectivity index (χ3n) is 4.56. The molecule has 5 heteroatoms. The van der Waals surface area contributed by atoms with Crippen molar-refractivity contribution in [2.75, 3.05) is 13.7 Å². The molecule has 0 saturated heterocycles. The van der Waals surface area contributed by atoms with Crippen LogP contribution in [0.5, 0.6) is 0 Å². The van der Waals surface area contributed by atoms with Crippen molar-refractivity contribution in [2.24, 2.45) is 11.1 Å². The van der Waals surface area contributed by atoms with Crippen LogP contribution in [0.15, 0.2) is 23.0 Å². The summed E-state index contributed by atoms with van der Waals surface area (Å²) in [5.74, 6) is -0.0420. The van der Waals surface area contributed by atoms with E-state index in [0.717, 1.165) is 5.56 Å². The molecule has 1 amide bonds. The molecule has 1 aromatic heterocycles. The summed E-state index contributed by atoms with van der Waals surface area (Å²) in [6.07, 6.45) is 3.86. The Morgan fingerprint density at radius 3 is 2.80 bits per heavy atom. The molecule has 112 valence electrons. The largest absolute Gasteiger partial charge is 0.472 e. The maximum absolute atomic E-state index is 12.7. The quantitative estimate of drug-likeness (QED) is 0.892. The van der Waals surface area contributed by atoms with Crippen molar-refractivity contribution in [1.82, 2.24) is 4.90 Å². The highest BCUT2D eigenvalue weighted by Crippen LogP contribution is 2.50. The van der Waals surface area contributed by atoms with Gasteiger partial charge in [0.25, 0.3) is 0 Å². The minimum absolute atomic E-state index is 0.0420. The summed E-state index contributed by atoms with van der Waals surface area (Å²) in [7, 11) is 1.77.